The molecule has 0 aliphatic carbocycles. The van der Waals surface area contributed by atoms with Crippen molar-refractivity contribution in [2.45, 2.75) is 36.0 Å². The molecule has 0 amide bonds. The van der Waals surface area contributed by atoms with Gasteiger partial charge in [-0.2, -0.15) is 0 Å². The molecule has 1 aliphatic heterocycles. The van der Waals surface area contributed by atoms with Crippen LogP contribution in [0.15, 0.2) is 70.5 Å². The van der Waals surface area contributed by atoms with Crippen LogP contribution in [0.4, 0.5) is 5.69 Å². The second-order valence-corrected chi connectivity index (χ2v) is 11.7. The molecular formula is C26H27NO5S2. The number of nitrogens with zero attached hydrogens (tertiary/aromatic N) is 1. The van der Waals surface area contributed by atoms with E-state index < -0.39 is 22.6 Å². The quantitative estimate of drug-likeness (QED) is 0.444. The Morgan fingerprint density at radius 2 is 1.82 bits per heavy atom. The van der Waals surface area contributed by atoms with Gasteiger partial charge in [-0.3, -0.25) is 4.31 Å². The molecule has 0 aromatic heterocycles. The molecular weight excluding hydrogens is 470 g/mol. The monoisotopic (exact) mass is 497 g/mol. The van der Waals surface area contributed by atoms with Gasteiger partial charge in [0.1, 0.15) is 5.75 Å². The Bertz CT molecular complexity index is 1370. The summed E-state index contributed by atoms with van der Waals surface area (Å²) in [5.41, 5.74) is 4.01. The van der Waals surface area contributed by atoms with Crippen molar-refractivity contribution in [2.75, 3.05) is 23.7 Å². The van der Waals surface area contributed by atoms with Gasteiger partial charge in [0.2, 0.25) is 0 Å². The highest BCUT2D eigenvalue weighted by molar-refractivity contribution is 7.98. The number of carbonyl (C=O) groups is 1. The molecule has 0 saturated carbocycles. The van der Waals surface area contributed by atoms with E-state index in [1.54, 1.807) is 18.7 Å². The third-order valence-electron chi connectivity index (χ3n) is 6.02. The van der Waals surface area contributed by atoms with Crippen LogP contribution in [0.25, 0.3) is 11.1 Å². The molecule has 1 aliphatic rings. The van der Waals surface area contributed by atoms with Gasteiger partial charge in [0, 0.05) is 16.9 Å². The van der Waals surface area contributed by atoms with Crippen LogP contribution < -0.4 is 9.04 Å². The molecule has 0 unspecified atom stereocenters. The fourth-order valence-corrected chi connectivity index (χ4v) is 6.42. The zero-order chi connectivity index (χ0) is 24.7. The van der Waals surface area contributed by atoms with E-state index in [1.165, 1.54) is 27.4 Å². The molecule has 8 heteroatoms. The van der Waals surface area contributed by atoms with Crippen molar-refractivity contribution in [2.24, 2.45) is 0 Å². The molecule has 178 valence electrons. The Morgan fingerprint density at radius 3 is 2.50 bits per heavy atom. The lowest BCUT2D eigenvalue weighted by Crippen LogP contribution is -2.34. The third kappa shape index (κ3) is 4.52. The van der Waals surface area contributed by atoms with Crippen LogP contribution >= 0.6 is 11.8 Å². The number of aryl methyl sites for hydroxylation is 1. The number of thioether (sulfide) groups is 1. The highest BCUT2D eigenvalue weighted by Crippen LogP contribution is 2.45. The fourth-order valence-electron chi connectivity index (χ4n) is 4.23. The lowest BCUT2D eigenvalue weighted by Gasteiger charge is -2.22. The maximum absolute atomic E-state index is 13.6. The summed E-state index contributed by atoms with van der Waals surface area (Å²) < 4.78 is 34.0. The molecule has 1 heterocycles. The van der Waals surface area contributed by atoms with E-state index in [1.807, 2.05) is 24.5 Å². The van der Waals surface area contributed by atoms with Gasteiger partial charge in [0.15, 0.2) is 6.61 Å². The van der Waals surface area contributed by atoms with Crippen molar-refractivity contribution in [3.05, 3.63) is 71.8 Å². The van der Waals surface area contributed by atoms with E-state index in [-0.39, 0.29) is 10.3 Å². The van der Waals surface area contributed by atoms with E-state index in [0.29, 0.717) is 23.5 Å². The van der Waals surface area contributed by atoms with Gasteiger partial charge >= 0.3 is 5.97 Å². The zero-order valence-corrected chi connectivity index (χ0v) is 21.2. The molecule has 34 heavy (non-hydrogen) atoms. The van der Waals surface area contributed by atoms with Gasteiger partial charge in [-0.1, -0.05) is 32.0 Å². The molecule has 6 nitrogen and oxygen atoms in total. The number of aliphatic carboxylic acids is 1. The minimum absolute atomic E-state index is 0.146. The Labute approximate surface area is 204 Å². The second kappa shape index (κ2) is 9.00. The number of ether oxygens (including phenoxy) is 1. The fraction of sp³-hybridized carbons (Fsp3) is 0.269. The minimum atomic E-state index is -3.82. The number of rotatable bonds is 7. The highest BCUT2D eigenvalue weighted by atomic mass is 32.2. The topological polar surface area (TPSA) is 83.9 Å². The van der Waals surface area contributed by atoms with E-state index in [0.717, 1.165) is 16.7 Å². The maximum Gasteiger partial charge on any atom is 0.341 e. The average Bonchev–Trinajstić information content (AvgIpc) is 3.09. The van der Waals surface area contributed by atoms with E-state index in [2.05, 4.69) is 38.1 Å². The number of carboxylic acids is 1. The Hall–Kier alpha value is -2.97. The molecule has 0 fully saturated rings. The smallest absolute Gasteiger partial charge is 0.341 e. The van der Waals surface area contributed by atoms with Crippen LogP contribution in [0.1, 0.15) is 25.0 Å². The molecule has 1 N–H and O–H groups in total. The maximum atomic E-state index is 13.6. The number of benzene rings is 3. The number of carboxylic acid groups (broad SMARTS) is 1. The van der Waals surface area contributed by atoms with Crippen molar-refractivity contribution in [1.82, 2.24) is 0 Å². The first kappa shape index (κ1) is 24.2. The van der Waals surface area contributed by atoms with Gasteiger partial charge in [0.25, 0.3) is 10.0 Å². The van der Waals surface area contributed by atoms with Crippen LogP contribution in [-0.2, 0) is 20.2 Å². The van der Waals surface area contributed by atoms with Crippen LogP contribution in [0.3, 0.4) is 0 Å². The summed E-state index contributed by atoms with van der Waals surface area (Å²) in [4.78, 5) is 12.1. The predicted octanol–water partition coefficient (Wildman–Crippen LogP) is 5.33. The van der Waals surface area contributed by atoms with Crippen LogP contribution in [-0.4, -0.2) is 38.9 Å². The predicted molar refractivity (Wildman–Crippen MR) is 136 cm³/mol. The molecule has 0 bridgehead atoms. The SMILES string of the molecule is CSc1cccc(-c2ccc3c(c2)C(C)(C)CN3S(=O)(=O)c2ccc(OCC(=O)O)c(C)c2)c1. The largest absolute Gasteiger partial charge is 0.482 e. The normalized spacial score (nSPS) is 14.6. The van der Waals surface area contributed by atoms with E-state index >= 15 is 0 Å². The minimum Gasteiger partial charge on any atom is -0.482 e. The molecule has 3 aromatic rings. The van der Waals surface area contributed by atoms with Crippen molar-refractivity contribution in [3.63, 3.8) is 0 Å². The summed E-state index contributed by atoms with van der Waals surface area (Å²) in [6.45, 7) is 5.65. The molecule has 0 spiro atoms. The third-order valence-corrected chi connectivity index (χ3v) is 8.50. The lowest BCUT2D eigenvalue weighted by atomic mass is 9.85. The van der Waals surface area contributed by atoms with Gasteiger partial charge < -0.3 is 9.84 Å². The molecule has 4 rings (SSSR count). The molecule has 0 atom stereocenters. The standard InChI is InChI=1S/C26H27NO5S2/c1-17-12-21(9-11-24(17)32-15-25(28)29)34(30,31)27-16-26(2,3)22-14-19(8-10-23(22)27)18-6-5-7-20(13-18)33-4/h5-14H,15-16H2,1-4H3,(H,28,29). The first-order valence-corrected chi connectivity index (χ1v) is 13.5. The summed E-state index contributed by atoms with van der Waals surface area (Å²) in [6.07, 6.45) is 2.04. The summed E-state index contributed by atoms with van der Waals surface area (Å²) >= 11 is 1.69. The average molecular weight is 498 g/mol. The first-order valence-electron chi connectivity index (χ1n) is 10.8. The number of anilines is 1. The summed E-state index contributed by atoms with van der Waals surface area (Å²) in [6, 6.07) is 18.8. The van der Waals surface area contributed by atoms with Crippen molar-refractivity contribution >= 4 is 33.4 Å². The Kier molecular flexibility index (Phi) is 6.40. The summed E-state index contributed by atoms with van der Waals surface area (Å²) in [5, 5.41) is 8.82. The second-order valence-electron chi connectivity index (χ2n) is 8.97. The Morgan fingerprint density at radius 1 is 1.09 bits per heavy atom. The highest BCUT2D eigenvalue weighted by Gasteiger charge is 2.41. The van der Waals surface area contributed by atoms with Crippen molar-refractivity contribution in [3.8, 4) is 16.9 Å². The lowest BCUT2D eigenvalue weighted by molar-refractivity contribution is -0.139. The van der Waals surface area contributed by atoms with E-state index in [4.69, 9.17) is 9.84 Å². The number of sulfonamides is 1. The zero-order valence-electron chi connectivity index (χ0n) is 19.5. The van der Waals surface area contributed by atoms with Gasteiger partial charge in [0.05, 0.1) is 10.6 Å². The number of hydrogen-bond donors (Lipinski definition) is 1. The summed E-state index contributed by atoms with van der Waals surface area (Å²) in [7, 11) is -3.82. The Balaban J connectivity index is 1.70. The van der Waals surface area contributed by atoms with Gasteiger partial charge in [-0.15, -0.1) is 11.8 Å². The first-order chi connectivity index (χ1) is 16.0. The molecule has 0 saturated heterocycles. The summed E-state index contributed by atoms with van der Waals surface area (Å²) in [5.74, 6) is -0.743. The molecule has 3 aromatic carbocycles. The van der Waals surface area contributed by atoms with E-state index in [9.17, 15) is 13.2 Å². The van der Waals surface area contributed by atoms with Crippen molar-refractivity contribution < 1.29 is 23.1 Å². The van der Waals surface area contributed by atoms with Crippen LogP contribution in [0.5, 0.6) is 5.75 Å². The number of fused-ring (bicyclic) bond motifs is 1. The van der Waals surface area contributed by atoms with Crippen LogP contribution in [0, 0.1) is 6.92 Å². The van der Waals surface area contributed by atoms with Gasteiger partial charge in [-0.25, -0.2) is 13.2 Å². The number of hydrogen-bond acceptors (Lipinski definition) is 5. The molecule has 0 radical (unpaired) electrons. The van der Waals surface area contributed by atoms with Crippen molar-refractivity contribution in [1.29, 1.82) is 0 Å². The van der Waals surface area contributed by atoms with Gasteiger partial charge in [-0.05, 0) is 77.9 Å². The van der Waals surface area contributed by atoms with Crippen LogP contribution in [0.2, 0.25) is 0 Å².